The Labute approximate surface area is 122 Å². The molecule has 0 unspecified atom stereocenters. The van der Waals surface area contributed by atoms with Gasteiger partial charge in [-0.1, -0.05) is 42.5 Å². The first-order valence-electron chi connectivity index (χ1n) is 5.86. The molecule has 18 heavy (non-hydrogen) atoms. The number of rotatable bonds is 5. The summed E-state index contributed by atoms with van der Waals surface area (Å²) in [6, 6.07) is 15.4. The largest absolute Gasteiger partial charge is 0.137 e. The van der Waals surface area contributed by atoms with E-state index in [9.17, 15) is 0 Å². The topological polar surface area (TPSA) is 0 Å². The molecule has 0 N–H and O–H groups in total. The number of thioether (sulfide) groups is 3. The monoisotopic (exact) mass is 294 g/mol. The third-order valence-electron chi connectivity index (χ3n) is 3.17. The van der Waals surface area contributed by atoms with Gasteiger partial charge in [0.25, 0.3) is 0 Å². The van der Waals surface area contributed by atoms with Crippen molar-refractivity contribution >= 4 is 46.1 Å². The number of hydrogen-bond donors (Lipinski definition) is 0. The van der Waals surface area contributed by atoms with Crippen molar-refractivity contribution in [1.82, 2.24) is 0 Å². The van der Waals surface area contributed by atoms with Crippen LogP contribution in [0.4, 0.5) is 0 Å². The first kappa shape index (κ1) is 14.2. The van der Waals surface area contributed by atoms with E-state index in [1.807, 2.05) is 35.3 Å². The molecule has 2 aromatic carbocycles. The van der Waals surface area contributed by atoms with Crippen molar-refractivity contribution in [2.45, 2.75) is 9.83 Å². The van der Waals surface area contributed by atoms with Crippen LogP contribution < -0.4 is 0 Å². The highest BCUT2D eigenvalue weighted by atomic mass is 32.3. The molecular formula is C15H18S3. The summed E-state index contributed by atoms with van der Waals surface area (Å²) < 4.78 is 0.239. The molecular weight excluding hydrogens is 276 g/mol. The Balaban J connectivity index is 2.31. The van der Waals surface area contributed by atoms with Crippen LogP contribution in [0.3, 0.4) is 0 Å². The van der Waals surface area contributed by atoms with Gasteiger partial charge in [0.2, 0.25) is 0 Å². The second-order valence-electron chi connectivity index (χ2n) is 4.15. The van der Waals surface area contributed by atoms with Gasteiger partial charge in [0.05, 0.1) is 0 Å². The number of fused-ring (bicyclic) bond motifs is 1. The van der Waals surface area contributed by atoms with Gasteiger partial charge in [-0.05, 0) is 35.1 Å². The summed E-state index contributed by atoms with van der Waals surface area (Å²) >= 11 is 5.83. The lowest BCUT2D eigenvalue weighted by Crippen LogP contribution is -2.17. The van der Waals surface area contributed by atoms with Crippen LogP contribution in [0.25, 0.3) is 10.8 Å². The van der Waals surface area contributed by atoms with Gasteiger partial charge in [-0.2, -0.15) is 0 Å². The fourth-order valence-electron chi connectivity index (χ4n) is 2.07. The predicted molar refractivity (Wildman–Crippen MR) is 90.9 cm³/mol. The van der Waals surface area contributed by atoms with Crippen LogP contribution in [0.2, 0.25) is 0 Å². The van der Waals surface area contributed by atoms with Crippen LogP contribution in [-0.2, 0) is 6.42 Å². The van der Waals surface area contributed by atoms with Crippen molar-refractivity contribution in [3.05, 3.63) is 48.0 Å². The Hall–Kier alpha value is -0.250. The molecule has 0 amide bonds. The molecule has 0 atom stereocenters. The summed E-state index contributed by atoms with van der Waals surface area (Å²) in [5, 5.41) is 2.66. The van der Waals surface area contributed by atoms with E-state index >= 15 is 0 Å². The van der Waals surface area contributed by atoms with E-state index in [-0.39, 0.29) is 3.41 Å². The molecule has 0 nitrogen and oxygen atoms in total. The quantitative estimate of drug-likeness (QED) is 0.702. The number of benzene rings is 2. The van der Waals surface area contributed by atoms with E-state index in [0.29, 0.717) is 0 Å². The highest BCUT2D eigenvalue weighted by Crippen LogP contribution is 2.45. The second-order valence-corrected chi connectivity index (χ2v) is 8.24. The first-order chi connectivity index (χ1) is 8.73. The van der Waals surface area contributed by atoms with Crippen molar-refractivity contribution in [3.8, 4) is 0 Å². The summed E-state index contributed by atoms with van der Waals surface area (Å²) in [5.41, 5.74) is 1.42. The van der Waals surface area contributed by atoms with Crippen molar-refractivity contribution in [1.29, 1.82) is 0 Å². The molecule has 2 rings (SSSR count). The predicted octanol–water partition coefficient (Wildman–Crippen LogP) is 5.13. The van der Waals surface area contributed by atoms with Crippen LogP contribution in [0.1, 0.15) is 5.56 Å². The Morgan fingerprint density at radius 2 is 1.44 bits per heavy atom. The highest BCUT2D eigenvalue weighted by Gasteiger charge is 2.27. The zero-order chi connectivity index (χ0) is 13.0. The molecule has 0 aliphatic carbocycles. The standard InChI is InChI=1S/C15H18S3/c1-16-15(17-2,18-3)11-12-8-9-13-6-4-5-7-14(13)10-12/h4-10H,11H2,1-3H3. The molecule has 0 saturated carbocycles. The minimum atomic E-state index is 0.239. The molecule has 96 valence electrons. The zero-order valence-corrected chi connectivity index (χ0v) is 13.4. The Bertz CT molecular complexity index is 510. The normalized spacial score (nSPS) is 11.9. The van der Waals surface area contributed by atoms with Crippen molar-refractivity contribution in [2.24, 2.45) is 0 Å². The SMILES string of the molecule is CSC(Cc1ccc2ccccc2c1)(SC)SC. The fraction of sp³-hybridized carbons (Fsp3) is 0.333. The van der Waals surface area contributed by atoms with Gasteiger partial charge >= 0.3 is 0 Å². The van der Waals surface area contributed by atoms with Gasteiger partial charge in [0.15, 0.2) is 0 Å². The van der Waals surface area contributed by atoms with Gasteiger partial charge in [-0.25, -0.2) is 0 Å². The van der Waals surface area contributed by atoms with Crippen molar-refractivity contribution in [3.63, 3.8) is 0 Å². The molecule has 0 fully saturated rings. The average Bonchev–Trinajstić information content (AvgIpc) is 2.45. The smallest absolute Gasteiger partial charge is 0.110 e. The molecule has 0 radical (unpaired) electrons. The third kappa shape index (κ3) is 3.01. The van der Waals surface area contributed by atoms with Crippen LogP contribution in [0.5, 0.6) is 0 Å². The molecule has 0 spiro atoms. The van der Waals surface area contributed by atoms with E-state index in [0.717, 1.165) is 6.42 Å². The highest BCUT2D eigenvalue weighted by molar-refractivity contribution is 8.33. The molecule has 0 bridgehead atoms. The zero-order valence-electron chi connectivity index (χ0n) is 11.0. The maximum absolute atomic E-state index is 2.33. The van der Waals surface area contributed by atoms with E-state index < -0.39 is 0 Å². The molecule has 0 aliphatic rings. The van der Waals surface area contributed by atoms with Crippen LogP contribution in [-0.4, -0.2) is 22.2 Å². The molecule has 0 saturated heterocycles. The van der Waals surface area contributed by atoms with Gasteiger partial charge < -0.3 is 0 Å². The van der Waals surface area contributed by atoms with Gasteiger partial charge in [-0.3, -0.25) is 0 Å². The molecule has 2 aromatic rings. The fourth-order valence-corrected chi connectivity index (χ4v) is 5.00. The van der Waals surface area contributed by atoms with Crippen LogP contribution in [0.15, 0.2) is 42.5 Å². The molecule has 3 heteroatoms. The Kier molecular flexibility index (Phi) is 4.93. The summed E-state index contributed by atoms with van der Waals surface area (Å²) in [6.07, 6.45) is 7.71. The van der Waals surface area contributed by atoms with Crippen molar-refractivity contribution < 1.29 is 0 Å². The number of hydrogen-bond acceptors (Lipinski definition) is 3. The third-order valence-corrected chi connectivity index (χ3v) is 8.47. The lowest BCUT2D eigenvalue weighted by atomic mass is 10.1. The van der Waals surface area contributed by atoms with Gasteiger partial charge in [-0.15, -0.1) is 35.3 Å². The molecule has 0 aliphatic heterocycles. The minimum Gasteiger partial charge on any atom is -0.137 e. The molecule has 0 heterocycles. The van der Waals surface area contributed by atoms with Gasteiger partial charge in [0.1, 0.15) is 3.41 Å². The van der Waals surface area contributed by atoms with E-state index in [1.165, 1.54) is 16.3 Å². The average molecular weight is 295 g/mol. The van der Waals surface area contributed by atoms with E-state index in [2.05, 4.69) is 61.2 Å². The van der Waals surface area contributed by atoms with E-state index in [1.54, 1.807) is 0 Å². The summed E-state index contributed by atoms with van der Waals surface area (Å²) in [7, 11) is 0. The van der Waals surface area contributed by atoms with Crippen molar-refractivity contribution in [2.75, 3.05) is 18.8 Å². The summed E-state index contributed by atoms with van der Waals surface area (Å²) in [4.78, 5) is 0. The second kappa shape index (κ2) is 6.27. The lowest BCUT2D eigenvalue weighted by Gasteiger charge is -2.28. The van der Waals surface area contributed by atoms with Crippen LogP contribution in [0, 0.1) is 0 Å². The summed E-state index contributed by atoms with van der Waals surface area (Å²) in [6.45, 7) is 0. The summed E-state index contributed by atoms with van der Waals surface area (Å²) in [5.74, 6) is 0. The lowest BCUT2D eigenvalue weighted by molar-refractivity contribution is 1.06. The molecule has 0 aromatic heterocycles. The first-order valence-corrected chi connectivity index (χ1v) is 9.53. The van der Waals surface area contributed by atoms with E-state index in [4.69, 9.17) is 0 Å². The maximum atomic E-state index is 2.33. The van der Waals surface area contributed by atoms with Crippen LogP contribution >= 0.6 is 35.3 Å². The minimum absolute atomic E-state index is 0.239. The Morgan fingerprint density at radius 1 is 0.833 bits per heavy atom. The van der Waals surface area contributed by atoms with Gasteiger partial charge in [0, 0.05) is 6.42 Å². The maximum Gasteiger partial charge on any atom is 0.110 e. The Morgan fingerprint density at radius 3 is 2.06 bits per heavy atom.